The number of hydrogen-bond donors (Lipinski definition) is 1. The highest BCUT2D eigenvalue weighted by molar-refractivity contribution is 7.92. The van der Waals surface area contributed by atoms with Crippen molar-refractivity contribution in [1.29, 1.82) is 0 Å². The number of halogens is 1. The summed E-state index contributed by atoms with van der Waals surface area (Å²) in [5.74, 6) is 1.17. The third-order valence-corrected chi connectivity index (χ3v) is 6.85. The van der Waals surface area contributed by atoms with Crippen molar-refractivity contribution in [3.8, 4) is 28.5 Å². The van der Waals surface area contributed by atoms with Crippen molar-refractivity contribution in [2.24, 2.45) is 7.05 Å². The smallest absolute Gasteiger partial charge is 0.254 e. The summed E-state index contributed by atoms with van der Waals surface area (Å²) in [5.41, 5.74) is 2.04. The molecule has 8 nitrogen and oxygen atoms in total. The zero-order valence-electron chi connectivity index (χ0n) is 18.3. The van der Waals surface area contributed by atoms with Gasteiger partial charge in [-0.25, -0.2) is 13.4 Å². The quantitative estimate of drug-likeness (QED) is 0.586. The number of nitrogens with zero attached hydrogens (tertiary/aromatic N) is 2. The molecule has 10 heteroatoms. The number of fused-ring (bicyclic) bond motifs is 4. The maximum atomic E-state index is 12.3. The molecule has 0 radical (unpaired) electrons. The van der Waals surface area contributed by atoms with E-state index in [4.69, 9.17) is 21.1 Å². The number of sulfonamides is 1. The van der Waals surface area contributed by atoms with Crippen LogP contribution in [0.5, 0.6) is 17.4 Å². The van der Waals surface area contributed by atoms with Gasteiger partial charge < -0.3 is 14.0 Å². The minimum Gasteiger partial charge on any atom is -0.493 e. The van der Waals surface area contributed by atoms with Crippen LogP contribution < -0.4 is 19.8 Å². The molecule has 0 bridgehead atoms. The minimum absolute atomic E-state index is 0.0804. The van der Waals surface area contributed by atoms with Crippen molar-refractivity contribution in [2.75, 3.05) is 17.1 Å². The lowest BCUT2D eigenvalue weighted by molar-refractivity contribution is 0.306. The normalized spacial score (nSPS) is 13.8. The van der Waals surface area contributed by atoms with E-state index in [1.54, 1.807) is 38.4 Å². The molecule has 0 unspecified atom stereocenters. The van der Waals surface area contributed by atoms with E-state index in [1.807, 2.05) is 6.07 Å². The Morgan fingerprint density at radius 1 is 1.15 bits per heavy atom. The summed E-state index contributed by atoms with van der Waals surface area (Å²) >= 11 is 6.20. The van der Waals surface area contributed by atoms with Gasteiger partial charge in [0.05, 0.1) is 29.8 Å². The first-order chi connectivity index (χ1) is 15.8. The lowest BCUT2D eigenvalue weighted by atomic mass is 10.1. The van der Waals surface area contributed by atoms with E-state index >= 15 is 0 Å². The monoisotopic (exact) mass is 489 g/mol. The molecular formula is C23H24ClN3O5S. The number of ether oxygens (including phenoxy) is 2. The van der Waals surface area contributed by atoms with Gasteiger partial charge >= 0.3 is 0 Å². The summed E-state index contributed by atoms with van der Waals surface area (Å²) in [5, 5.41) is 0.610. The first-order valence-electron chi connectivity index (χ1n) is 10.6. The number of rotatable bonds is 3. The van der Waals surface area contributed by atoms with Gasteiger partial charge in [0, 0.05) is 29.9 Å². The van der Waals surface area contributed by atoms with Crippen LogP contribution in [-0.4, -0.2) is 30.3 Å². The molecular weight excluding hydrogens is 466 g/mol. The molecule has 0 atom stereocenters. The van der Waals surface area contributed by atoms with Gasteiger partial charge in [-0.2, -0.15) is 0 Å². The highest BCUT2D eigenvalue weighted by Crippen LogP contribution is 2.39. The number of nitrogens with one attached hydrogen (secondary N) is 1. The molecule has 0 aliphatic carbocycles. The first kappa shape index (κ1) is 23.1. The van der Waals surface area contributed by atoms with Crippen molar-refractivity contribution in [1.82, 2.24) is 9.55 Å². The highest BCUT2D eigenvalue weighted by atomic mass is 35.5. The molecule has 4 rings (SSSR count). The molecule has 1 aromatic carbocycles. The maximum Gasteiger partial charge on any atom is 0.254 e. The lowest BCUT2D eigenvalue weighted by Gasteiger charge is -2.19. The van der Waals surface area contributed by atoms with Crippen LogP contribution in [0.1, 0.15) is 25.3 Å². The van der Waals surface area contributed by atoms with E-state index in [2.05, 4.69) is 9.71 Å². The molecule has 0 amide bonds. The molecule has 1 N–H and O–H groups in total. The maximum absolute atomic E-state index is 12.3. The van der Waals surface area contributed by atoms with Gasteiger partial charge in [-0.1, -0.05) is 11.6 Å². The van der Waals surface area contributed by atoms with Crippen LogP contribution in [0.2, 0.25) is 5.02 Å². The number of pyridine rings is 2. The van der Waals surface area contributed by atoms with E-state index in [9.17, 15) is 13.2 Å². The van der Waals surface area contributed by atoms with Crippen LogP contribution in [0.4, 0.5) is 5.69 Å². The largest absolute Gasteiger partial charge is 0.493 e. The molecule has 1 aliphatic heterocycles. The Morgan fingerprint density at radius 3 is 2.76 bits per heavy atom. The van der Waals surface area contributed by atoms with Crippen molar-refractivity contribution >= 4 is 27.3 Å². The molecule has 0 saturated heterocycles. The van der Waals surface area contributed by atoms with Gasteiger partial charge in [0.1, 0.15) is 11.5 Å². The number of aryl methyl sites for hydroxylation is 2. The van der Waals surface area contributed by atoms with Gasteiger partial charge in [0.15, 0.2) is 0 Å². The summed E-state index contributed by atoms with van der Waals surface area (Å²) in [6.07, 6.45) is 5.37. The number of anilines is 1. The molecule has 3 heterocycles. The molecule has 1 aliphatic rings. The number of benzene rings is 1. The molecule has 3 aromatic rings. The second-order valence-corrected chi connectivity index (χ2v) is 10.2. The second-order valence-electron chi connectivity index (χ2n) is 7.74. The molecule has 174 valence electrons. The van der Waals surface area contributed by atoms with Crippen molar-refractivity contribution in [3.63, 3.8) is 0 Å². The predicted octanol–water partition coefficient (Wildman–Crippen LogP) is 4.37. The standard InChI is InChI=1S/C23H24ClN3O5S/c1-3-33(29,30)26-17-11-18-19-14-27(2)22(28)12-21(19)31-9-5-4-6-15-10-16(24)7-8-20(15)32-23(18)25-13-17/h7-8,10-14,26H,3-6,9H2,1-2H3. The van der Waals surface area contributed by atoms with E-state index in [-0.39, 0.29) is 22.9 Å². The fourth-order valence-corrected chi connectivity index (χ4v) is 4.32. The van der Waals surface area contributed by atoms with Crippen LogP contribution in [0.15, 0.2) is 47.5 Å². The molecule has 0 fully saturated rings. The predicted molar refractivity (Wildman–Crippen MR) is 128 cm³/mol. The Balaban J connectivity index is 1.92. The average Bonchev–Trinajstić information content (AvgIpc) is 2.77. The molecule has 33 heavy (non-hydrogen) atoms. The van der Waals surface area contributed by atoms with Crippen LogP contribution in [0.3, 0.4) is 0 Å². The summed E-state index contributed by atoms with van der Waals surface area (Å²) in [6.45, 7) is 1.97. The van der Waals surface area contributed by atoms with Gasteiger partial charge in [-0.3, -0.25) is 9.52 Å². The van der Waals surface area contributed by atoms with Crippen molar-refractivity contribution in [2.45, 2.75) is 26.2 Å². The third-order valence-electron chi connectivity index (χ3n) is 5.31. The zero-order chi connectivity index (χ0) is 23.6. The van der Waals surface area contributed by atoms with Crippen molar-refractivity contribution < 1.29 is 17.9 Å². The summed E-state index contributed by atoms with van der Waals surface area (Å²) < 4.78 is 40.4. The Bertz CT molecular complexity index is 1350. The van der Waals surface area contributed by atoms with Gasteiger partial charge in [0.25, 0.3) is 5.56 Å². The van der Waals surface area contributed by atoms with Crippen LogP contribution in [0.25, 0.3) is 11.1 Å². The zero-order valence-corrected chi connectivity index (χ0v) is 19.9. The summed E-state index contributed by atoms with van der Waals surface area (Å²) in [4.78, 5) is 16.7. The number of hydrogen-bond acceptors (Lipinski definition) is 6. The van der Waals surface area contributed by atoms with Crippen LogP contribution in [-0.2, 0) is 23.5 Å². The average molecular weight is 490 g/mol. The topological polar surface area (TPSA) is 99.5 Å². The highest BCUT2D eigenvalue weighted by Gasteiger charge is 2.20. The van der Waals surface area contributed by atoms with Gasteiger partial charge in [-0.15, -0.1) is 0 Å². The SMILES string of the molecule is CCS(=O)(=O)Nc1cnc2c(c1)-c1cn(C)c(=O)cc1OCCCCc1cc(Cl)ccc1O2. The minimum atomic E-state index is -3.52. The fraction of sp³-hybridized carbons (Fsp3) is 0.304. The van der Waals surface area contributed by atoms with Crippen molar-refractivity contribution in [3.05, 3.63) is 63.7 Å². The van der Waals surface area contributed by atoms with Crippen LogP contribution >= 0.6 is 11.6 Å². The van der Waals surface area contributed by atoms with Gasteiger partial charge in [-0.05, 0) is 56.0 Å². The van der Waals surface area contributed by atoms with Gasteiger partial charge in [0.2, 0.25) is 15.9 Å². The molecule has 0 spiro atoms. The molecule has 0 saturated carbocycles. The fourth-order valence-electron chi connectivity index (χ4n) is 3.52. The Morgan fingerprint density at radius 2 is 1.97 bits per heavy atom. The Kier molecular flexibility index (Phi) is 6.62. The van der Waals surface area contributed by atoms with Crippen LogP contribution in [0, 0.1) is 0 Å². The third kappa shape index (κ3) is 5.31. The molecule has 2 aromatic heterocycles. The van der Waals surface area contributed by atoms with E-state index in [0.717, 1.165) is 24.8 Å². The summed E-state index contributed by atoms with van der Waals surface area (Å²) in [7, 11) is -1.88. The second kappa shape index (κ2) is 9.44. The Hall–Kier alpha value is -3.04. The number of aromatic nitrogens is 2. The van der Waals surface area contributed by atoms with E-state index in [1.165, 1.54) is 16.8 Å². The Labute approximate surface area is 197 Å². The van der Waals surface area contributed by atoms with E-state index in [0.29, 0.717) is 34.3 Å². The van der Waals surface area contributed by atoms with E-state index < -0.39 is 10.0 Å². The first-order valence-corrected chi connectivity index (χ1v) is 12.6. The lowest BCUT2D eigenvalue weighted by Crippen LogP contribution is -2.17. The summed E-state index contributed by atoms with van der Waals surface area (Å²) in [6, 6.07) is 8.45.